The topological polar surface area (TPSA) is 56.3 Å². The smallest absolute Gasteiger partial charge is 0.319 e. The molecule has 0 aliphatic carbocycles. The Hall–Kier alpha value is -1.62. The molecule has 0 aliphatic rings. The lowest BCUT2D eigenvalue weighted by Crippen LogP contribution is -2.19. The van der Waals surface area contributed by atoms with Gasteiger partial charge in [-0.15, -0.1) is 0 Å². The van der Waals surface area contributed by atoms with E-state index in [0.29, 0.717) is 17.9 Å². The lowest BCUT2D eigenvalue weighted by Gasteiger charge is -2.06. The lowest BCUT2D eigenvalue weighted by atomic mass is 10.2. The maximum absolute atomic E-state index is 5.17. The zero-order valence-electron chi connectivity index (χ0n) is 10.7. The predicted molar refractivity (Wildman–Crippen MR) is 67.3 cm³/mol. The van der Waals surface area contributed by atoms with E-state index in [9.17, 15) is 0 Å². The van der Waals surface area contributed by atoms with E-state index >= 15 is 0 Å². The van der Waals surface area contributed by atoms with Crippen LogP contribution in [0.2, 0.25) is 0 Å². The Morgan fingerprint density at radius 1 is 1.41 bits per heavy atom. The van der Waals surface area contributed by atoms with Gasteiger partial charge in [0.25, 0.3) is 0 Å². The van der Waals surface area contributed by atoms with Crippen molar-refractivity contribution < 1.29 is 9.47 Å². The van der Waals surface area contributed by atoms with Crippen LogP contribution in [0.3, 0.4) is 0 Å². The van der Waals surface area contributed by atoms with Gasteiger partial charge in [0.05, 0.1) is 19.8 Å². The minimum absolute atomic E-state index is 0.308. The predicted octanol–water partition coefficient (Wildman–Crippen LogP) is 1.50. The molecule has 0 saturated heterocycles. The van der Waals surface area contributed by atoms with Crippen molar-refractivity contribution in [1.29, 1.82) is 0 Å². The van der Waals surface area contributed by atoms with Crippen molar-refractivity contribution in [3.05, 3.63) is 17.8 Å². The Balaban J connectivity index is 2.76. The summed E-state index contributed by atoms with van der Waals surface area (Å²) in [6.07, 6.45) is 6.64. The molecule has 1 heterocycles. The highest BCUT2D eigenvalue weighted by atomic mass is 16.5. The summed E-state index contributed by atoms with van der Waals surface area (Å²) in [5.74, 6) is 0.519. The number of nitrogens with one attached hydrogen (secondary N) is 1. The van der Waals surface area contributed by atoms with Gasteiger partial charge in [0.1, 0.15) is 0 Å². The normalized spacial score (nSPS) is 12.7. The summed E-state index contributed by atoms with van der Waals surface area (Å²) in [6.45, 7) is 2.12. The first-order valence-corrected chi connectivity index (χ1v) is 5.50. The van der Waals surface area contributed by atoms with Gasteiger partial charge in [-0.1, -0.05) is 12.2 Å². The van der Waals surface area contributed by atoms with Crippen LogP contribution in [0, 0.1) is 0 Å². The second kappa shape index (κ2) is 6.85. The van der Waals surface area contributed by atoms with Crippen molar-refractivity contribution >= 4 is 6.08 Å². The molecule has 1 atom stereocenters. The van der Waals surface area contributed by atoms with Crippen molar-refractivity contribution in [2.75, 3.05) is 21.3 Å². The summed E-state index contributed by atoms with van der Waals surface area (Å²) in [6, 6.07) is 0.749. The van der Waals surface area contributed by atoms with Crippen LogP contribution in [-0.2, 0) is 0 Å². The monoisotopic (exact) mass is 237 g/mol. The maximum Gasteiger partial charge on any atom is 0.319 e. The van der Waals surface area contributed by atoms with E-state index in [1.165, 1.54) is 7.11 Å². The third-order valence-corrected chi connectivity index (χ3v) is 2.41. The van der Waals surface area contributed by atoms with E-state index in [1.807, 2.05) is 13.1 Å². The molecule has 94 valence electrons. The number of hydrogen-bond acceptors (Lipinski definition) is 5. The van der Waals surface area contributed by atoms with Crippen LogP contribution in [0.5, 0.6) is 11.9 Å². The second-order valence-electron chi connectivity index (χ2n) is 3.65. The first-order valence-electron chi connectivity index (χ1n) is 5.50. The molecule has 0 aromatic carbocycles. The Bertz CT molecular complexity index is 380. The number of methoxy groups -OCH3 is 2. The molecule has 17 heavy (non-hydrogen) atoms. The summed E-state index contributed by atoms with van der Waals surface area (Å²) in [4.78, 5) is 8.15. The zero-order chi connectivity index (χ0) is 12.7. The fourth-order valence-corrected chi connectivity index (χ4v) is 1.25. The summed E-state index contributed by atoms with van der Waals surface area (Å²) < 4.78 is 10.1. The van der Waals surface area contributed by atoms with E-state index in [2.05, 4.69) is 28.3 Å². The van der Waals surface area contributed by atoms with Crippen LogP contribution in [0.1, 0.15) is 18.9 Å². The van der Waals surface area contributed by atoms with Crippen molar-refractivity contribution in [1.82, 2.24) is 15.3 Å². The average Bonchev–Trinajstić information content (AvgIpc) is 2.38. The van der Waals surface area contributed by atoms with E-state index in [1.54, 1.807) is 13.3 Å². The van der Waals surface area contributed by atoms with Crippen molar-refractivity contribution in [2.45, 2.75) is 19.4 Å². The molecule has 1 N–H and O–H groups in total. The van der Waals surface area contributed by atoms with Crippen LogP contribution in [0.25, 0.3) is 6.08 Å². The van der Waals surface area contributed by atoms with Crippen LogP contribution in [-0.4, -0.2) is 37.3 Å². The molecule has 0 saturated carbocycles. The van der Waals surface area contributed by atoms with Gasteiger partial charge in [0.2, 0.25) is 5.88 Å². The molecular weight excluding hydrogens is 218 g/mol. The molecule has 0 bridgehead atoms. The zero-order valence-corrected chi connectivity index (χ0v) is 10.7. The van der Waals surface area contributed by atoms with Gasteiger partial charge >= 0.3 is 6.01 Å². The van der Waals surface area contributed by atoms with Gasteiger partial charge in [0, 0.05) is 12.2 Å². The average molecular weight is 237 g/mol. The summed E-state index contributed by atoms with van der Waals surface area (Å²) >= 11 is 0. The Kier molecular flexibility index (Phi) is 5.42. The Morgan fingerprint density at radius 3 is 2.76 bits per heavy atom. The van der Waals surface area contributed by atoms with E-state index in [-0.39, 0.29) is 0 Å². The molecule has 0 spiro atoms. The van der Waals surface area contributed by atoms with Crippen molar-refractivity contribution in [3.63, 3.8) is 0 Å². The molecule has 0 radical (unpaired) electrons. The van der Waals surface area contributed by atoms with Gasteiger partial charge in [-0.2, -0.15) is 4.98 Å². The number of ether oxygens (including phenoxy) is 2. The molecule has 0 amide bonds. The fourth-order valence-electron chi connectivity index (χ4n) is 1.25. The van der Waals surface area contributed by atoms with Gasteiger partial charge in [-0.3, -0.25) is 0 Å². The maximum atomic E-state index is 5.17. The lowest BCUT2D eigenvalue weighted by molar-refractivity contribution is 0.351. The first-order chi connectivity index (χ1) is 8.21. The molecule has 0 aliphatic heterocycles. The first kappa shape index (κ1) is 13.4. The number of aromatic nitrogens is 2. The molecule has 1 rings (SSSR count). The van der Waals surface area contributed by atoms with E-state index < -0.39 is 0 Å². The second-order valence-corrected chi connectivity index (χ2v) is 3.65. The fraction of sp³-hybridized carbons (Fsp3) is 0.500. The number of nitrogens with zero attached hydrogens (tertiary/aromatic N) is 2. The van der Waals surface area contributed by atoms with Crippen molar-refractivity contribution in [2.24, 2.45) is 0 Å². The molecule has 5 nitrogen and oxygen atoms in total. The molecule has 5 heteroatoms. The summed E-state index contributed by atoms with van der Waals surface area (Å²) in [7, 11) is 5.05. The number of rotatable bonds is 6. The van der Waals surface area contributed by atoms with Gasteiger partial charge in [0.15, 0.2) is 0 Å². The van der Waals surface area contributed by atoms with Gasteiger partial charge in [-0.05, 0) is 20.4 Å². The summed E-state index contributed by atoms with van der Waals surface area (Å²) in [5.41, 5.74) is 0.844. The van der Waals surface area contributed by atoms with Crippen LogP contribution < -0.4 is 14.8 Å². The highest BCUT2D eigenvalue weighted by Crippen LogP contribution is 2.18. The molecule has 0 unspecified atom stereocenters. The van der Waals surface area contributed by atoms with Gasteiger partial charge < -0.3 is 14.8 Å². The molecule has 1 aromatic heterocycles. The van der Waals surface area contributed by atoms with E-state index in [0.717, 1.165) is 12.0 Å². The Labute approximate surface area is 102 Å². The standard InChI is InChI=1S/C12H19N3O2/c1-9(13-2)6-5-7-10-8-14-12(17-4)15-11(10)16-3/h5,7-9,13H,6H2,1-4H3/t9-/m0/s1. The minimum atomic E-state index is 0.308. The van der Waals surface area contributed by atoms with E-state index in [4.69, 9.17) is 9.47 Å². The quantitative estimate of drug-likeness (QED) is 0.812. The third kappa shape index (κ3) is 4.03. The molecule has 1 aromatic rings. The Morgan fingerprint density at radius 2 is 2.18 bits per heavy atom. The number of hydrogen-bond donors (Lipinski definition) is 1. The van der Waals surface area contributed by atoms with Crippen LogP contribution in [0.4, 0.5) is 0 Å². The molecular formula is C12H19N3O2. The van der Waals surface area contributed by atoms with Crippen LogP contribution >= 0.6 is 0 Å². The van der Waals surface area contributed by atoms with Gasteiger partial charge in [-0.25, -0.2) is 4.98 Å². The summed E-state index contributed by atoms with van der Waals surface area (Å²) in [5, 5.41) is 3.16. The van der Waals surface area contributed by atoms with Crippen LogP contribution in [0.15, 0.2) is 12.3 Å². The molecule has 0 fully saturated rings. The van der Waals surface area contributed by atoms with Crippen molar-refractivity contribution in [3.8, 4) is 11.9 Å². The highest BCUT2D eigenvalue weighted by Gasteiger charge is 2.05. The third-order valence-electron chi connectivity index (χ3n) is 2.41. The SMILES string of the molecule is CN[C@@H](C)CC=Cc1cnc(OC)nc1OC. The minimum Gasteiger partial charge on any atom is -0.480 e. The largest absolute Gasteiger partial charge is 0.480 e. The highest BCUT2D eigenvalue weighted by molar-refractivity contribution is 5.53.